The molecular weight excluding hydrogens is 231 g/mol. The van der Waals surface area contributed by atoms with Crippen LogP contribution in [0.2, 0.25) is 10.2 Å². The largest absolute Gasteiger partial charge is 0.278 e. The highest BCUT2D eigenvalue weighted by Gasteiger charge is 2.49. The van der Waals surface area contributed by atoms with Gasteiger partial charge in [-0.2, -0.15) is 0 Å². The SMILES string of the molecule is FC(F)(c1cnc(Cl)cc1Cl)C1CC1. The van der Waals surface area contributed by atoms with Gasteiger partial charge in [-0.1, -0.05) is 23.2 Å². The monoisotopic (exact) mass is 237 g/mol. The lowest BCUT2D eigenvalue weighted by atomic mass is 10.1. The molecule has 0 amide bonds. The summed E-state index contributed by atoms with van der Waals surface area (Å²) in [6.07, 6.45) is 2.15. The van der Waals surface area contributed by atoms with E-state index in [1.807, 2.05) is 0 Å². The van der Waals surface area contributed by atoms with Crippen molar-refractivity contribution in [2.75, 3.05) is 0 Å². The van der Waals surface area contributed by atoms with Crippen LogP contribution in [0.5, 0.6) is 0 Å². The van der Waals surface area contributed by atoms with Gasteiger partial charge in [-0.15, -0.1) is 0 Å². The molecule has 0 N–H and O–H groups in total. The van der Waals surface area contributed by atoms with E-state index in [0.29, 0.717) is 12.8 Å². The number of hydrogen-bond donors (Lipinski definition) is 0. The summed E-state index contributed by atoms with van der Waals surface area (Å²) in [7, 11) is 0. The highest BCUT2D eigenvalue weighted by Crippen LogP contribution is 2.51. The maximum absolute atomic E-state index is 13.6. The summed E-state index contributed by atoms with van der Waals surface area (Å²) in [5.41, 5.74) is -0.217. The van der Waals surface area contributed by atoms with Crippen molar-refractivity contribution in [2.45, 2.75) is 18.8 Å². The van der Waals surface area contributed by atoms with Crippen molar-refractivity contribution in [1.82, 2.24) is 4.98 Å². The Kier molecular flexibility index (Phi) is 2.40. The maximum Gasteiger partial charge on any atom is 0.278 e. The zero-order chi connectivity index (χ0) is 10.3. The van der Waals surface area contributed by atoms with Crippen molar-refractivity contribution in [1.29, 1.82) is 0 Å². The molecule has 1 aliphatic carbocycles. The second-order valence-corrected chi connectivity index (χ2v) is 4.18. The summed E-state index contributed by atoms with van der Waals surface area (Å²) < 4.78 is 27.1. The van der Waals surface area contributed by atoms with E-state index in [2.05, 4.69) is 4.98 Å². The smallest absolute Gasteiger partial charge is 0.244 e. The van der Waals surface area contributed by atoms with E-state index in [0.717, 1.165) is 6.20 Å². The van der Waals surface area contributed by atoms with Crippen LogP contribution in [0.3, 0.4) is 0 Å². The molecule has 14 heavy (non-hydrogen) atoms. The molecule has 5 heteroatoms. The fourth-order valence-corrected chi connectivity index (χ4v) is 1.81. The molecule has 0 atom stereocenters. The topological polar surface area (TPSA) is 12.9 Å². The molecule has 0 aromatic carbocycles. The first kappa shape index (κ1) is 10.1. The second-order valence-electron chi connectivity index (χ2n) is 3.38. The van der Waals surface area contributed by atoms with Crippen LogP contribution in [0.4, 0.5) is 8.78 Å². The molecule has 0 radical (unpaired) electrons. The summed E-state index contributed by atoms with van der Waals surface area (Å²) >= 11 is 11.2. The number of alkyl halides is 2. The second kappa shape index (κ2) is 3.31. The zero-order valence-electron chi connectivity index (χ0n) is 7.11. The molecule has 76 valence electrons. The first-order valence-electron chi connectivity index (χ1n) is 4.21. The van der Waals surface area contributed by atoms with E-state index >= 15 is 0 Å². The Bertz CT molecular complexity index is 364. The van der Waals surface area contributed by atoms with Crippen molar-refractivity contribution in [3.8, 4) is 0 Å². The van der Waals surface area contributed by atoms with E-state index in [9.17, 15) is 8.78 Å². The van der Waals surface area contributed by atoms with Crippen LogP contribution in [-0.2, 0) is 5.92 Å². The quantitative estimate of drug-likeness (QED) is 0.712. The number of aromatic nitrogens is 1. The first-order valence-corrected chi connectivity index (χ1v) is 4.96. The lowest BCUT2D eigenvalue weighted by Crippen LogP contribution is -2.16. The summed E-state index contributed by atoms with van der Waals surface area (Å²) in [5.74, 6) is -3.45. The molecule has 1 aliphatic rings. The Hall–Kier alpha value is -0.410. The van der Waals surface area contributed by atoms with Gasteiger partial charge >= 0.3 is 0 Å². The predicted molar refractivity (Wildman–Crippen MR) is 50.9 cm³/mol. The Balaban J connectivity index is 2.40. The number of nitrogens with zero attached hydrogens (tertiary/aromatic N) is 1. The van der Waals surface area contributed by atoms with Gasteiger partial charge in [0.1, 0.15) is 5.15 Å². The highest BCUT2D eigenvalue weighted by atomic mass is 35.5. The average Bonchev–Trinajstić information content (AvgIpc) is 2.84. The fraction of sp³-hybridized carbons (Fsp3) is 0.444. The van der Waals surface area contributed by atoms with Crippen LogP contribution >= 0.6 is 23.2 Å². The van der Waals surface area contributed by atoms with Crippen LogP contribution in [0.1, 0.15) is 18.4 Å². The fourth-order valence-electron chi connectivity index (χ4n) is 1.32. The zero-order valence-corrected chi connectivity index (χ0v) is 8.62. The standard InChI is InChI=1S/C9H7Cl2F2N/c10-7-3-8(11)14-4-6(7)9(12,13)5-1-2-5/h3-5H,1-2H2. The van der Waals surface area contributed by atoms with Crippen molar-refractivity contribution in [3.05, 3.63) is 28.0 Å². The molecule has 2 rings (SSSR count). The van der Waals surface area contributed by atoms with Crippen molar-refractivity contribution >= 4 is 23.2 Å². The van der Waals surface area contributed by atoms with Gasteiger partial charge in [0.05, 0.1) is 10.6 Å². The number of halogens is 4. The van der Waals surface area contributed by atoms with Gasteiger partial charge in [-0.25, -0.2) is 13.8 Å². The minimum atomic E-state index is -2.87. The van der Waals surface area contributed by atoms with Gasteiger partial charge in [0, 0.05) is 12.1 Å². The lowest BCUT2D eigenvalue weighted by Gasteiger charge is -2.16. The normalized spacial score (nSPS) is 17.1. The van der Waals surface area contributed by atoms with Gasteiger partial charge in [0.2, 0.25) is 0 Å². The summed E-state index contributed by atoms with van der Waals surface area (Å²) in [5, 5.41) is 0.118. The maximum atomic E-state index is 13.6. The van der Waals surface area contributed by atoms with E-state index in [1.165, 1.54) is 6.07 Å². The third kappa shape index (κ3) is 1.71. The Labute approximate surface area is 90.0 Å². The molecular formula is C9H7Cl2F2N. The van der Waals surface area contributed by atoms with Crippen LogP contribution < -0.4 is 0 Å². The van der Waals surface area contributed by atoms with Gasteiger partial charge in [-0.3, -0.25) is 0 Å². The number of rotatable bonds is 2. The molecule has 0 aliphatic heterocycles. The molecule has 1 fully saturated rings. The molecule has 0 spiro atoms. The van der Waals surface area contributed by atoms with Gasteiger partial charge < -0.3 is 0 Å². The Morgan fingerprint density at radius 3 is 2.50 bits per heavy atom. The molecule has 1 heterocycles. The lowest BCUT2D eigenvalue weighted by molar-refractivity contribution is -0.0287. The predicted octanol–water partition coefficient (Wildman–Crippen LogP) is 3.89. The van der Waals surface area contributed by atoms with Crippen LogP contribution in [0, 0.1) is 5.92 Å². The molecule has 0 saturated heterocycles. The molecule has 1 saturated carbocycles. The average molecular weight is 238 g/mol. The summed E-state index contributed by atoms with van der Waals surface area (Å²) in [4.78, 5) is 3.62. The third-order valence-corrected chi connectivity index (χ3v) is 2.79. The number of pyridine rings is 1. The van der Waals surface area contributed by atoms with E-state index in [1.54, 1.807) is 0 Å². The van der Waals surface area contributed by atoms with E-state index in [4.69, 9.17) is 23.2 Å². The summed E-state index contributed by atoms with van der Waals surface area (Å²) in [6, 6.07) is 1.24. The van der Waals surface area contributed by atoms with Crippen molar-refractivity contribution in [3.63, 3.8) is 0 Å². The van der Waals surface area contributed by atoms with Crippen LogP contribution in [0.15, 0.2) is 12.3 Å². The van der Waals surface area contributed by atoms with Crippen LogP contribution in [0.25, 0.3) is 0 Å². The van der Waals surface area contributed by atoms with Gasteiger partial charge in [0.15, 0.2) is 0 Å². The third-order valence-electron chi connectivity index (χ3n) is 2.27. The minimum absolute atomic E-state index is 0.0121. The van der Waals surface area contributed by atoms with E-state index < -0.39 is 11.8 Å². The molecule has 1 aromatic rings. The molecule has 0 unspecified atom stereocenters. The Morgan fingerprint density at radius 1 is 1.36 bits per heavy atom. The van der Waals surface area contributed by atoms with Crippen molar-refractivity contribution in [2.24, 2.45) is 5.92 Å². The first-order chi connectivity index (χ1) is 6.51. The summed E-state index contributed by atoms with van der Waals surface area (Å²) in [6.45, 7) is 0. The molecule has 1 nitrogen and oxygen atoms in total. The van der Waals surface area contributed by atoms with Crippen LogP contribution in [-0.4, -0.2) is 4.98 Å². The Morgan fingerprint density at radius 2 is 2.00 bits per heavy atom. The molecule has 0 bridgehead atoms. The van der Waals surface area contributed by atoms with Gasteiger partial charge in [0.25, 0.3) is 5.92 Å². The highest BCUT2D eigenvalue weighted by molar-refractivity contribution is 6.34. The minimum Gasteiger partial charge on any atom is -0.244 e. The molecule has 1 aromatic heterocycles. The van der Waals surface area contributed by atoms with Crippen molar-refractivity contribution < 1.29 is 8.78 Å². The van der Waals surface area contributed by atoms with Gasteiger partial charge in [-0.05, 0) is 18.9 Å². The number of hydrogen-bond acceptors (Lipinski definition) is 1. The van der Waals surface area contributed by atoms with E-state index in [-0.39, 0.29) is 15.7 Å².